The maximum Gasteiger partial charge on any atom is 0.138 e. The second kappa shape index (κ2) is 5.89. The Balaban J connectivity index is 2.42. The average molecular weight is 342 g/mol. The molecule has 1 atom stereocenters. The summed E-state index contributed by atoms with van der Waals surface area (Å²) < 4.78 is 5.78. The summed E-state index contributed by atoms with van der Waals surface area (Å²) in [6, 6.07) is 7.05. The topological polar surface area (TPSA) is 9.23 Å². The van der Waals surface area contributed by atoms with Gasteiger partial charge in [0.25, 0.3) is 0 Å². The molecule has 1 aromatic heterocycles. The molecule has 1 unspecified atom stereocenters. The number of benzene rings is 1. The lowest BCUT2D eigenvalue weighted by Gasteiger charge is -2.12. The van der Waals surface area contributed by atoms with Crippen molar-refractivity contribution in [3.8, 4) is 5.75 Å². The monoisotopic (exact) mass is 340 g/mol. The standard InChI is InChI=1S/C12H8Cl4OS/c1-17-9-5-7(13)6(4-8(9)14)12(16)10-2-3-11(15)18-10/h2-5,12H,1H3. The number of methoxy groups -OCH3 is 1. The van der Waals surface area contributed by atoms with Crippen LogP contribution in [0.5, 0.6) is 5.75 Å². The van der Waals surface area contributed by atoms with Crippen molar-refractivity contribution < 1.29 is 4.74 Å². The largest absolute Gasteiger partial charge is 0.495 e. The number of hydrogen-bond acceptors (Lipinski definition) is 2. The van der Waals surface area contributed by atoms with E-state index in [0.29, 0.717) is 20.1 Å². The van der Waals surface area contributed by atoms with Gasteiger partial charge in [-0.2, -0.15) is 0 Å². The molecule has 0 bridgehead atoms. The Hall–Kier alpha value is -0.120. The van der Waals surface area contributed by atoms with E-state index < -0.39 is 0 Å². The zero-order valence-corrected chi connectivity index (χ0v) is 13.1. The molecule has 96 valence electrons. The fraction of sp³-hybridized carbons (Fsp3) is 0.167. The molecule has 2 aromatic rings. The molecule has 18 heavy (non-hydrogen) atoms. The van der Waals surface area contributed by atoms with E-state index in [-0.39, 0.29) is 5.38 Å². The fourth-order valence-electron chi connectivity index (χ4n) is 1.51. The molecular weight excluding hydrogens is 334 g/mol. The molecule has 0 amide bonds. The molecular formula is C12H8Cl4OS. The first kappa shape index (κ1) is 14.3. The molecule has 0 aliphatic heterocycles. The number of ether oxygens (including phenoxy) is 1. The highest BCUT2D eigenvalue weighted by molar-refractivity contribution is 7.16. The Morgan fingerprint density at radius 2 is 1.83 bits per heavy atom. The SMILES string of the molecule is COc1cc(Cl)c(C(Cl)c2ccc(Cl)s2)cc1Cl. The molecule has 1 heterocycles. The van der Waals surface area contributed by atoms with Crippen molar-refractivity contribution in [2.45, 2.75) is 5.38 Å². The van der Waals surface area contributed by atoms with E-state index in [4.69, 9.17) is 51.1 Å². The maximum atomic E-state index is 6.39. The highest BCUT2D eigenvalue weighted by Crippen LogP contribution is 2.41. The minimum Gasteiger partial charge on any atom is -0.495 e. The van der Waals surface area contributed by atoms with Crippen LogP contribution in [0.25, 0.3) is 0 Å². The van der Waals surface area contributed by atoms with E-state index in [1.807, 2.05) is 6.07 Å². The Labute approximate surface area is 129 Å². The fourth-order valence-corrected chi connectivity index (χ4v) is 3.53. The van der Waals surface area contributed by atoms with Crippen LogP contribution in [-0.2, 0) is 0 Å². The van der Waals surface area contributed by atoms with Crippen LogP contribution in [0, 0.1) is 0 Å². The van der Waals surface area contributed by atoms with Gasteiger partial charge in [0.15, 0.2) is 0 Å². The summed E-state index contributed by atoms with van der Waals surface area (Å²) in [5.41, 5.74) is 0.739. The van der Waals surface area contributed by atoms with Crippen LogP contribution in [0.1, 0.15) is 15.8 Å². The van der Waals surface area contributed by atoms with Crippen molar-refractivity contribution in [1.82, 2.24) is 0 Å². The predicted molar refractivity (Wildman–Crippen MR) is 80.0 cm³/mol. The summed E-state index contributed by atoms with van der Waals surface area (Å²) in [4.78, 5) is 0.921. The van der Waals surface area contributed by atoms with E-state index in [9.17, 15) is 0 Å². The van der Waals surface area contributed by atoms with Crippen LogP contribution >= 0.6 is 57.7 Å². The van der Waals surface area contributed by atoms with Crippen molar-refractivity contribution in [1.29, 1.82) is 0 Å². The van der Waals surface area contributed by atoms with E-state index in [1.165, 1.54) is 18.4 Å². The minimum absolute atomic E-state index is 0.376. The molecule has 1 nitrogen and oxygen atoms in total. The van der Waals surface area contributed by atoms with E-state index in [0.717, 1.165) is 10.4 Å². The van der Waals surface area contributed by atoms with Crippen LogP contribution in [0.3, 0.4) is 0 Å². The van der Waals surface area contributed by atoms with E-state index >= 15 is 0 Å². The molecule has 0 radical (unpaired) electrons. The zero-order valence-electron chi connectivity index (χ0n) is 9.22. The van der Waals surface area contributed by atoms with Gasteiger partial charge in [0.05, 0.1) is 21.8 Å². The normalized spacial score (nSPS) is 12.5. The van der Waals surface area contributed by atoms with Crippen molar-refractivity contribution in [2.75, 3.05) is 7.11 Å². The van der Waals surface area contributed by atoms with Crippen molar-refractivity contribution in [3.63, 3.8) is 0 Å². The number of halogens is 4. The zero-order chi connectivity index (χ0) is 13.3. The molecule has 1 aromatic carbocycles. The van der Waals surface area contributed by atoms with Gasteiger partial charge in [0.2, 0.25) is 0 Å². The smallest absolute Gasteiger partial charge is 0.138 e. The minimum atomic E-state index is -0.376. The maximum absolute atomic E-state index is 6.39. The van der Waals surface area contributed by atoms with Gasteiger partial charge in [-0.25, -0.2) is 0 Å². The summed E-state index contributed by atoms with van der Waals surface area (Å²) in [6.07, 6.45) is 0. The molecule has 0 aliphatic carbocycles. The summed E-state index contributed by atoms with van der Waals surface area (Å²) in [5.74, 6) is 0.526. The number of hydrogen-bond donors (Lipinski definition) is 0. The third-order valence-corrected chi connectivity index (χ3v) is 4.91. The lowest BCUT2D eigenvalue weighted by atomic mass is 10.1. The summed E-state index contributed by atoms with van der Waals surface area (Å²) in [6.45, 7) is 0. The molecule has 2 rings (SSSR count). The van der Waals surface area contributed by atoms with Crippen LogP contribution in [0.4, 0.5) is 0 Å². The Morgan fingerprint density at radius 3 is 2.39 bits per heavy atom. The van der Waals surface area contributed by atoms with Crippen LogP contribution in [0.2, 0.25) is 14.4 Å². The third-order valence-electron chi connectivity index (χ3n) is 2.39. The first-order chi connectivity index (χ1) is 8.52. The van der Waals surface area contributed by atoms with E-state index in [2.05, 4.69) is 0 Å². The number of thiophene rings is 1. The molecule has 0 saturated carbocycles. The van der Waals surface area contributed by atoms with Crippen molar-refractivity contribution >= 4 is 57.7 Å². The van der Waals surface area contributed by atoms with Crippen molar-refractivity contribution in [2.24, 2.45) is 0 Å². The van der Waals surface area contributed by atoms with Gasteiger partial charge in [-0.3, -0.25) is 0 Å². The van der Waals surface area contributed by atoms with Gasteiger partial charge >= 0.3 is 0 Å². The molecule has 6 heteroatoms. The number of rotatable bonds is 3. The second-order valence-corrected chi connectivity index (χ2v) is 6.51. The number of alkyl halides is 1. The first-order valence-corrected chi connectivity index (χ1v) is 7.34. The van der Waals surface area contributed by atoms with Gasteiger partial charge in [0.1, 0.15) is 5.75 Å². The average Bonchev–Trinajstić information content (AvgIpc) is 2.77. The summed E-state index contributed by atoms with van der Waals surface area (Å²) >= 11 is 25.9. The highest BCUT2D eigenvalue weighted by atomic mass is 35.5. The molecule has 0 fully saturated rings. The quantitative estimate of drug-likeness (QED) is 0.618. The van der Waals surface area contributed by atoms with Crippen LogP contribution in [-0.4, -0.2) is 7.11 Å². The Bertz CT molecular complexity index is 567. The second-order valence-electron chi connectivity index (χ2n) is 3.51. The first-order valence-electron chi connectivity index (χ1n) is 4.95. The van der Waals surface area contributed by atoms with Crippen LogP contribution < -0.4 is 4.74 Å². The van der Waals surface area contributed by atoms with E-state index in [1.54, 1.807) is 18.2 Å². The third kappa shape index (κ3) is 2.89. The molecule has 0 aliphatic rings. The molecule has 0 N–H and O–H groups in total. The highest BCUT2D eigenvalue weighted by Gasteiger charge is 2.18. The summed E-state index contributed by atoms with van der Waals surface area (Å²) in [5, 5.41) is 0.615. The molecule has 0 saturated heterocycles. The van der Waals surface area contributed by atoms with Crippen LogP contribution in [0.15, 0.2) is 24.3 Å². The lowest BCUT2D eigenvalue weighted by Crippen LogP contribution is -1.94. The van der Waals surface area contributed by atoms with Gasteiger partial charge in [-0.1, -0.05) is 34.8 Å². The van der Waals surface area contributed by atoms with Gasteiger partial charge in [-0.15, -0.1) is 22.9 Å². The Kier molecular flexibility index (Phi) is 4.68. The predicted octanol–water partition coefficient (Wildman–Crippen LogP) is 6.05. The summed E-state index contributed by atoms with van der Waals surface area (Å²) in [7, 11) is 1.54. The lowest BCUT2D eigenvalue weighted by molar-refractivity contribution is 0.415. The van der Waals surface area contributed by atoms with Crippen molar-refractivity contribution in [3.05, 3.63) is 49.1 Å². The Morgan fingerprint density at radius 1 is 1.11 bits per heavy atom. The van der Waals surface area contributed by atoms with Gasteiger partial charge < -0.3 is 4.74 Å². The molecule has 0 spiro atoms. The van der Waals surface area contributed by atoms with Gasteiger partial charge in [0, 0.05) is 16.0 Å². The van der Waals surface area contributed by atoms with Gasteiger partial charge in [-0.05, 0) is 23.8 Å².